The molecule has 55 heavy (non-hydrogen) atoms. The van der Waals surface area contributed by atoms with E-state index in [0.717, 1.165) is 28.2 Å². The molecule has 11 atom stereocenters. The molecular formula is C41H42O14. The van der Waals surface area contributed by atoms with Crippen molar-refractivity contribution in [3.8, 4) is 34.5 Å². The number of allylic oxidation sites excluding steroid dienone is 1. The van der Waals surface area contributed by atoms with Crippen LogP contribution in [0.25, 0.3) is 0 Å². The number of methoxy groups -OCH3 is 3. The van der Waals surface area contributed by atoms with E-state index in [-0.39, 0.29) is 67.1 Å². The van der Waals surface area contributed by atoms with E-state index in [1.165, 1.54) is 6.08 Å². The fourth-order valence-electron chi connectivity index (χ4n) is 9.58. The Kier molecular flexibility index (Phi) is 8.61. The van der Waals surface area contributed by atoms with Gasteiger partial charge in [0.1, 0.15) is 6.10 Å². The normalized spacial score (nSPS) is 35.5. The fourth-order valence-corrected chi connectivity index (χ4v) is 9.58. The summed E-state index contributed by atoms with van der Waals surface area (Å²) in [6, 6.07) is 17.2. The highest BCUT2D eigenvalue weighted by molar-refractivity contribution is 5.95. The first-order chi connectivity index (χ1) is 26.9. The number of hydrogen-bond donors (Lipinski definition) is 1. The molecule has 5 saturated heterocycles. The van der Waals surface area contributed by atoms with Crippen LogP contribution in [0.2, 0.25) is 0 Å². The summed E-state index contributed by atoms with van der Waals surface area (Å²) >= 11 is 0. The molecule has 0 spiro atoms. The van der Waals surface area contributed by atoms with Crippen LogP contribution in [0.5, 0.6) is 34.5 Å². The summed E-state index contributed by atoms with van der Waals surface area (Å²) in [5.41, 5.74) is 2.85. The van der Waals surface area contributed by atoms with Gasteiger partial charge in [-0.05, 0) is 53.1 Å². The summed E-state index contributed by atoms with van der Waals surface area (Å²) in [5, 5.41) is 12.1. The number of rotatable bonds is 9. The van der Waals surface area contributed by atoms with Crippen LogP contribution in [0.3, 0.4) is 0 Å². The van der Waals surface area contributed by atoms with Crippen LogP contribution in [0, 0.1) is 29.6 Å². The lowest BCUT2D eigenvalue weighted by Crippen LogP contribution is -2.59. The lowest BCUT2D eigenvalue weighted by molar-refractivity contribution is -0.220. The monoisotopic (exact) mass is 758 g/mol. The number of carbonyl (C=O) groups is 1. The largest absolute Gasteiger partial charge is 0.493 e. The number of aliphatic hydroxyl groups is 1. The maximum atomic E-state index is 13.8. The van der Waals surface area contributed by atoms with Crippen molar-refractivity contribution in [3.63, 3.8) is 0 Å². The Bertz CT molecular complexity index is 2020. The molecule has 1 N–H and O–H groups in total. The summed E-state index contributed by atoms with van der Waals surface area (Å²) in [4.78, 5) is 13.8. The van der Waals surface area contributed by atoms with E-state index in [9.17, 15) is 9.90 Å². The van der Waals surface area contributed by atoms with Gasteiger partial charge < -0.3 is 57.2 Å². The van der Waals surface area contributed by atoms with E-state index in [1.807, 2.05) is 48.5 Å². The average molecular weight is 759 g/mol. The SMILES string of the molecule is COc1ccc([C@@H]2OC[C@@H]3[C@H]2CO[C@H]3[C@@H]2C(=O)C=C3OCOC3(Oc3ccc([C@H]4OC[C@@H]5[C@H]4CO[C@H]5c4ccc5c(c4)OCO5)cc3OC)[C@H]2O)cc1OC. The van der Waals surface area contributed by atoms with Gasteiger partial charge in [-0.3, -0.25) is 9.53 Å². The van der Waals surface area contributed by atoms with Gasteiger partial charge in [-0.2, -0.15) is 0 Å². The van der Waals surface area contributed by atoms with Crippen molar-refractivity contribution in [3.05, 3.63) is 83.1 Å². The number of aliphatic hydroxyl groups excluding tert-OH is 1. The van der Waals surface area contributed by atoms with Crippen LogP contribution in [-0.4, -0.2) is 90.2 Å². The van der Waals surface area contributed by atoms with Gasteiger partial charge in [-0.15, -0.1) is 0 Å². The standard InChI is InChI=1S/C41H42O14/c1-44-28-7-4-20(10-31(28)45-2)37-25-16-50-39(26(25)17-49-37)35-27(42)13-34-41(40(35)43,54-19-53-34)55-30-9-6-21(11-32(30)46-3)36-23-14-48-38(24(23)15-47-36)22-5-8-29-33(12-22)52-18-51-29/h4-13,23-26,35-40,43H,14-19H2,1-3H3/t23-,24-,25-,26-,35+,36-,37+,38+,39-,40+,41?/m1/s1. The second-order valence-corrected chi connectivity index (χ2v) is 14.9. The maximum Gasteiger partial charge on any atom is 0.299 e. The lowest BCUT2D eigenvalue weighted by atomic mass is 9.75. The molecule has 0 bridgehead atoms. The second kappa shape index (κ2) is 13.6. The molecule has 0 amide bonds. The van der Waals surface area contributed by atoms with Gasteiger partial charge in [-0.1, -0.05) is 18.2 Å². The van der Waals surface area contributed by atoms with Crippen molar-refractivity contribution in [1.82, 2.24) is 0 Å². The van der Waals surface area contributed by atoms with Crippen molar-refractivity contribution in [2.75, 3.05) is 61.3 Å². The molecule has 5 fully saturated rings. The predicted octanol–water partition coefficient (Wildman–Crippen LogP) is 4.44. The van der Waals surface area contributed by atoms with E-state index >= 15 is 0 Å². The minimum absolute atomic E-state index is 0.0614. The molecule has 6 aliphatic heterocycles. The molecule has 6 heterocycles. The van der Waals surface area contributed by atoms with Crippen LogP contribution < -0.4 is 28.4 Å². The highest BCUT2D eigenvalue weighted by Gasteiger charge is 2.63. The summed E-state index contributed by atoms with van der Waals surface area (Å²) in [6.07, 6.45) is -1.44. The van der Waals surface area contributed by atoms with Gasteiger partial charge >= 0.3 is 0 Å². The Morgan fingerprint density at radius 1 is 0.618 bits per heavy atom. The zero-order valence-electron chi connectivity index (χ0n) is 30.5. The Morgan fingerprint density at radius 3 is 1.87 bits per heavy atom. The molecule has 290 valence electrons. The third-order valence-electron chi connectivity index (χ3n) is 12.3. The first kappa shape index (κ1) is 34.9. The van der Waals surface area contributed by atoms with Crippen molar-refractivity contribution < 1.29 is 66.7 Å². The Hall–Kier alpha value is -4.57. The zero-order chi connectivity index (χ0) is 37.4. The Balaban J connectivity index is 0.875. The number of ether oxygens (including phenoxy) is 12. The van der Waals surface area contributed by atoms with E-state index < -0.39 is 23.9 Å². The van der Waals surface area contributed by atoms with E-state index in [2.05, 4.69) is 0 Å². The number of fused-ring (bicyclic) bond motifs is 4. The topological polar surface area (TPSA) is 148 Å². The Labute approximate surface area is 317 Å². The molecule has 3 aromatic carbocycles. The van der Waals surface area contributed by atoms with Crippen LogP contribution >= 0.6 is 0 Å². The molecule has 0 saturated carbocycles. The molecule has 0 radical (unpaired) electrons. The smallest absolute Gasteiger partial charge is 0.299 e. The van der Waals surface area contributed by atoms with Gasteiger partial charge in [0, 0.05) is 29.7 Å². The van der Waals surface area contributed by atoms with E-state index in [0.29, 0.717) is 49.4 Å². The quantitative estimate of drug-likeness (QED) is 0.328. The molecule has 14 heteroatoms. The molecule has 7 aliphatic rings. The lowest BCUT2D eigenvalue weighted by Gasteiger charge is -2.41. The molecule has 1 unspecified atom stereocenters. The number of carbonyl (C=O) groups excluding carboxylic acids is 1. The summed E-state index contributed by atoms with van der Waals surface area (Å²) < 4.78 is 71.6. The summed E-state index contributed by atoms with van der Waals surface area (Å²) in [6.45, 7) is 1.75. The maximum absolute atomic E-state index is 13.8. The van der Waals surface area contributed by atoms with Crippen molar-refractivity contribution in [2.45, 2.75) is 36.3 Å². The van der Waals surface area contributed by atoms with Gasteiger partial charge in [0.05, 0.1) is 78.1 Å². The van der Waals surface area contributed by atoms with Gasteiger partial charge in [-0.25, -0.2) is 0 Å². The van der Waals surface area contributed by atoms with Crippen molar-refractivity contribution in [2.24, 2.45) is 29.6 Å². The molecule has 14 nitrogen and oxygen atoms in total. The number of ketones is 1. The van der Waals surface area contributed by atoms with E-state index in [1.54, 1.807) is 27.4 Å². The van der Waals surface area contributed by atoms with Crippen LogP contribution in [0.1, 0.15) is 35.0 Å². The second-order valence-electron chi connectivity index (χ2n) is 14.9. The predicted molar refractivity (Wildman–Crippen MR) is 188 cm³/mol. The van der Waals surface area contributed by atoms with Gasteiger partial charge in [0.15, 0.2) is 52.8 Å². The minimum atomic E-state index is -1.82. The minimum Gasteiger partial charge on any atom is -0.493 e. The van der Waals surface area contributed by atoms with Gasteiger partial charge in [0.2, 0.25) is 6.79 Å². The highest BCUT2D eigenvalue weighted by Crippen LogP contribution is 2.54. The average Bonchev–Trinajstić information content (AvgIpc) is 4.06. The molecule has 0 aromatic heterocycles. The van der Waals surface area contributed by atoms with Crippen LogP contribution in [0.15, 0.2) is 66.4 Å². The third kappa shape index (κ3) is 5.48. The third-order valence-corrected chi connectivity index (χ3v) is 12.3. The summed E-state index contributed by atoms with van der Waals surface area (Å²) in [5.74, 6) is 0.317. The fraction of sp³-hybridized carbons (Fsp3) is 0.488. The number of hydrogen-bond acceptors (Lipinski definition) is 14. The van der Waals surface area contributed by atoms with Crippen molar-refractivity contribution in [1.29, 1.82) is 0 Å². The zero-order valence-corrected chi connectivity index (χ0v) is 30.5. The molecule has 1 aliphatic carbocycles. The molecular weight excluding hydrogens is 716 g/mol. The van der Waals surface area contributed by atoms with E-state index in [4.69, 9.17) is 56.8 Å². The molecule has 3 aromatic rings. The van der Waals surface area contributed by atoms with Crippen LogP contribution in [-0.2, 0) is 33.2 Å². The van der Waals surface area contributed by atoms with Gasteiger partial charge in [0.25, 0.3) is 5.79 Å². The highest BCUT2D eigenvalue weighted by atomic mass is 16.8. The molecule has 10 rings (SSSR count). The first-order valence-electron chi connectivity index (χ1n) is 18.6. The Morgan fingerprint density at radius 2 is 1.18 bits per heavy atom. The number of benzene rings is 3. The van der Waals surface area contributed by atoms with Crippen molar-refractivity contribution >= 4 is 5.78 Å². The first-order valence-corrected chi connectivity index (χ1v) is 18.6. The summed E-state index contributed by atoms with van der Waals surface area (Å²) in [7, 11) is 4.72. The van der Waals surface area contributed by atoms with Crippen LogP contribution in [0.4, 0.5) is 0 Å².